The quantitative estimate of drug-likeness (QED) is 0.351. The number of ether oxygens (including phenoxy) is 1. The van der Waals surface area contributed by atoms with E-state index in [4.69, 9.17) is 15.7 Å². The molecule has 0 atom stereocenters. The van der Waals surface area contributed by atoms with Crippen LogP contribution in [0.15, 0.2) is 23.4 Å². The van der Waals surface area contributed by atoms with Gasteiger partial charge in [0.05, 0.1) is 5.56 Å². The Morgan fingerprint density at radius 1 is 1.29 bits per heavy atom. The highest BCUT2D eigenvalue weighted by Crippen LogP contribution is 2.23. The molecule has 0 spiro atoms. The van der Waals surface area contributed by atoms with Gasteiger partial charge < -0.3 is 15.7 Å². The van der Waals surface area contributed by atoms with E-state index in [1.54, 1.807) is 6.07 Å². The molecule has 0 aliphatic carbocycles. The number of para-hydroxylation sites is 1. The van der Waals surface area contributed by atoms with Crippen LogP contribution in [0.1, 0.15) is 38.8 Å². The van der Waals surface area contributed by atoms with Gasteiger partial charge in [0.1, 0.15) is 12.4 Å². The number of hydrogen-bond acceptors (Lipinski definition) is 4. The number of oxime groups is 1. The molecule has 0 unspecified atom stereocenters. The van der Waals surface area contributed by atoms with E-state index in [1.165, 1.54) is 0 Å². The Labute approximate surface area is 127 Å². The number of aryl methyl sites for hydroxylation is 1. The van der Waals surface area contributed by atoms with Crippen molar-refractivity contribution in [1.29, 1.82) is 0 Å². The third-order valence-electron chi connectivity index (χ3n) is 3.52. The fourth-order valence-electron chi connectivity index (χ4n) is 2.47. The van der Waals surface area contributed by atoms with Crippen LogP contribution in [0.25, 0.3) is 0 Å². The highest BCUT2D eigenvalue weighted by Gasteiger charge is 2.15. The summed E-state index contributed by atoms with van der Waals surface area (Å²) in [6.07, 6.45) is 0. The highest BCUT2D eigenvalue weighted by atomic mass is 16.5. The Bertz CT molecular complexity index is 476. The van der Waals surface area contributed by atoms with Crippen LogP contribution >= 0.6 is 0 Å². The van der Waals surface area contributed by atoms with Crippen molar-refractivity contribution in [3.05, 3.63) is 29.3 Å². The van der Waals surface area contributed by atoms with Crippen LogP contribution in [0.3, 0.4) is 0 Å². The molecule has 5 nitrogen and oxygen atoms in total. The van der Waals surface area contributed by atoms with Gasteiger partial charge in [-0.1, -0.05) is 17.3 Å². The van der Waals surface area contributed by atoms with E-state index in [-0.39, 0.29) is 5.84 Å². The predicted octanol–water partition coefficient (Wildman–Crippen LogP) is 2.59. The first kappa shape index (κ1) is 17.3. The van der Waals surface area contributed by atoms with Crippen molar-refractivity contribution in [1.82, 2.24) is 4.90 Å². The maximum absolute atomic E-state index is 8.86. The second-order valence-electron chi connectivity index (χ2n) is 5.71. The number of rotatable bonds is 7. The maximum Gasteiger partial charge on any atom is 0.173 e. The molecule has 0 bridgehead atoms. The summed E-state index contributed by atoms with van der Waals surface area (Å²) in [5.41, 5.74) is 7.30. The van der Waals surface area contributed by atoms with E-state index in [9.17, 15) is 0 Å². The minimum Gasteiger partial charge on any atom is -0.491 e. The zero-order valence-electron chi connectivity index (χ0n) is 13.6. The Balaban J connectivity index is 2.80. The smallest absolute Gasteiger partial charge is 0.173 e. The zero-order valence-corrected chi connectivity index (χ0v) is 13.6. The summed E-state index contributed by atoms with van der Waals surface area (Å²) in [4.78, 5) is 2.36. The van der Waals surface area contributed by atoms with Crippen molar-refractivity contribution >= 4 is 5.84 Å². The van der Waals surface area contributed by atoms with Crippen LogP contribution in [0.4, 0.5) is 0 Å². The molecule has 118 valence electrons. The molecule has 1 aromatic carbocycles. The lowest BCUT2D eigenvalue weighted by Crippen LogP contribution is -2.39. The minimum absolute atomic E-state index is 0.0678. The number of amidine groups is 1. The summed E-state index contributed by atoms with van der Waals surface area (Å²) in [6, 6.07) is 6.54. The molecule has 0 saturated carbocycles. The molecule has 0 radical (unpaired) electrons. The molecule has 0 saturated heterocycles. The van der Waals surface area contributed by atoms with Crippen LogP contribution < -0.4 is 10.5 Å². The lowest BCUT2D eigenvalue weighted by atomic mass is 10.1. The summed E-state index contributed by atoms with van der Waals surface area (Å²) in [5.74, 6) is 0.749. The van der Waals surface area contributed by atoms with Crippen molar-refractivity contribution in [3.8, 4) is 5.75 Å². The third kappa shape index (κ3) is 4.63. The van der Waals surface area contributed by atoms with Gasteiger partial charge in [0.2, 0.25) is 0 Å². The van der Waals surface area contributed by atoms with Gasteiger partial charge >= 0.3 is 0 Å². The SMILES string of the molecule is Cc1cccc(/C(N)=N/O)c1OCCN(C(C)C)C(C)C. The molecule has 0 fully saturated rings. The summed E-state index contributed by atoms with van der Waals surface area (Å²) >= 11 is 0. The van der Waals surface area contributed by atoms with Gasteiger partial charge in [-0.2, -0.15) is 0 Å². The van der Waals surface area contributed by atoms with Crippen molar-refractivity contribution in [2.45, 2.75) is 46.7 Å². The standard InChI is InChI=1S/C16H27N3O2/c1-11(2)19(12(3)4)9-10-21-15-13(5)7-6-8-14(15)16(17)18-20/h6-8,11-12,20H,9-10H2,1-5H3,(H2,17,18). The second kappa shape index (κ2) is 7.88. The molecule has 0 heterocycles. The first-order valence-corrected chi connectivity index (χ1v) is 7.34. The molecule has 0 aromatic heterocycles. The van der Waals surface area contributed by atoms with Crippen molar-refractivity contribution in [2.75, 3.05) is 13.2 Å². The molecular formula is C16H27N3O2. The van der Waals surface area contributed by atoms with E-state index in [2.05, 4.69) is 37.8 Å². The van der Waals surface area contributed by atoms with Crippen LogP contribution in [0, 0.1) is 6.92 Å². The van der Waals surface area contributed by atoms with Crippen LogP contribution in [-0.2, 0) is 0 Å². The lowest BCUT2D eigenvalue weighted by Gasteiger charge is -2.30. The van der Waals surface area contributed by atoms with E-state index in [1.807, 2.05) is 19.1 Å². The van der Waals surface area contributed by atoms with Gasteiger partial charge in [-0.25, -0.2) is 0 Å². The first-order valence-electron chi connectivity index (χ1n) is 7.34. The average molecular weight is 293 g/mol. The molecular weight excluding hydrogens is 266 g/mol. The normalized spacial score (nSPS) is 12.5. The van der Waals surface area contributed by atoms with Gasteiger partial charge in [0, 0.05) is 18.6 Å². The van der Waals surface area contributed by atoms with E-state index >= 15 is 0 Å². The Kier molecular flexibility index (Phi) is 6.49. The molecule has 1 rings (SSSR count). The van der Waals surface area contributed by atoms with E-state index in [0.29, 0.717) is 30.0 Å². The molecule has 3 N–H and O–H groups in total. The molecule has 5 heteroatoms. The molecule has 0 aliphatic heterocycles. The minimum atomic E-state index is 0.0678. The van der Waals surface area contributed by atoms with Gasteiger partial charge in [-0.05, 0) is 46.2 Å². The number of nitrogens with two attached hydrogens (primary N) is 1. The van der Waals surface area contributed by atoms with Gasteiger partial charge in [0.25, 0.3) is 0 Å². The summed E-state index contributed by atoms with van der Waals surface area (Å²) in [6.45, 7) is 12.1. The monoisotopic (exact) mass is 293 g/mol. The third-order valence-corrected chi connectivity index (χ3v) is 3.52. The molecule has 1 aromatic rings. The summed E-state index contributed by atoms with van der Waals surface area (Å²) < 4.78 is 5.91. The average Bonchev–Trinajstić information content (AvgIpc) is 2.43. The Hall–Kier alpha value is -1.75. The largest absolute Gasteiger partial charge is 0.491 e. The van der Waals surface area contributed by atoms with Crippen molar-refractivity contribution in [2.24, 2.45) is 10.9 Å². The van der Waals surface area contributed by atoms with Crippen molar-refractivity contribution in [3.63, 3.8) is 0 Å². The van der Waals surface area contributed by atoms with Crippen LogP contribution in [0.2, 0.25) is 0 Å². The lowest BCUT2D eigenvalue weighted by molar-refractivity contribution is 0.141. The van der Waals surface area contributed by atoms with E-state index in [0.717, 1.165) is 12.1 Å². The second-order valence-corrected chi connectivity index (χ2v) is 5.71. The van der Waals surface area contributed by atoms with Crippen LogP contribution in [-0.4, -0.2) is 41.2 Å². The first-order chi connectivity index (χ1) is 9.88. The van der Waals surface area contributed by atoms with E-state index < -0.39 is 0 Å². The topological polar surface area (TPSA) is 71.1 Å². The Morgan fingerprint density at radius 2 is 1.90 bits per heavy atom. The maximum atomic E-state index is 8.86. The number of hydrogen-bond donors (Lipinski definition) is 2. The zero-order chi connectivity index (χ0) is 16.0. The van der Waals surface area contributed by atoms with Crippen molar-refractivity contribution < 1.29 is 9.94 Å². The summed E-state index contributed by atoms with van der Waals surface area (Å²) in [5, 5.41) is 11.9. The number of benzene rings is 1. The molecule has 21 heavy (non-hydrogen) atoms. The van der Waals surface area contributed by atoms with Crippen LogP contribution in [0.5, 0.6) is 5.75 Å². The highest BCUT2D eigenvalue weighted by molar-refractivity contribution is 5.99. The Morgan fingerprint density at radius 3 is 2.43 bits per heavy atom. The van der Waals surface area contributed by atoms with Gasteiger partial charge in [-0.3, -0.25) is 4.90 Å². The predicted molar refractivity (Wildman–Crippen MR) is 86.2 cm³/mol. The summed E-state index contributed by atoms with van der Waals surface area (Å²) in [7, 11) is 0. The molecule has 0 amide bonds. The number of nitrogens with zero attached hydrogens (tertiary/aromatic N) is 2. The molecule has 0 aliphatic rings. The fraction of sp³-hybridized carbons (Fsp3) is 0.562. The van der Waals surface area contributed by atoms with Gasteiger partial charge in [-0.15, -0.1) is 0 Å². The fourth-order valence-corrected chi connectivity index (χ4v) is 2.47. The van der Waals surface area contributed by atoms with Gasteiger partial charge in [0.15, 0.2) is 5.84 Å².